The van der Waals surface area contributed by atoms with Crippen molar-refractivity contribution in [2.45, 2.75) is 11.3 Å². The highest BCUT2D eigenvalue weighted by molar-refractivity contribution is 7.89. The third-order valence-corrected chi connectivity index (χ3v) is 5.97. The second-order valence-corrected chi connectivity index (χ2v) is 8.34. The Morgan fingerprint density at radius 1 is 1.14 bits per heavy atom. The van der Waals surface area contributed by atoms with Crippen molar-refractivity contribution in [3.05, 3.63) is 65.7 Å². The molecule has 0 unspecified atom stereocenters. The standard InChI is InChI=1S/C18H19FN4O3S2/c1-26-15-5-7-16(8-6-15)28(24,25)21-10-9-20-18-22-17(23-27-18)12-13-3-2-4-14(19)11-13/h2-8,11,21H,9-10,12H2,1H3,(H,20,22,23). The molecule has 148 valence electrons. The summed E-state index contributed by atoms with van der Waals surface area (Å²) in [6.45, 7) is 0.539. The molecule has 1 heterocycles. The van der Waals surface area contributed by atoms with E-state index in [0.29, 0.717) is 29.7 Å². The average Bonchev–Trinajstić information content (AvgIpc) is 3.12. The molecule has 0 amide bonds. The molecule has 0 aliphatic rings. The third-order valence-electron chi connectivity index (χ3n) is 3.78. The van der Waals surface area contributed by atoms with Crippen LogP contribution in [0, 0.1) is 5.82 Å². The minimum Gasteiger partial charge on any atom is -0.497 e. The van der Waals surface area contributed by atoms with Crippen molar-refractivity contribution in [1.82, 2.24) is 14.1 Å². The van der Waals surface area contributed by atoms with Gasteiger partial charge in [0.25, 0.3) is 0 Å². The van der Waals surface area contributed by atoms with Gasteiger partial charge in [-0.2, -0.15) is 4.37 Å². The summed E-state index contributed by atoms with van der Waals surface area (Å²) in [4.78, 5) is 4.50. The third kappa shape index (κ3) is 5.47. The Morgan fingerprint density at radius 3 is 2.64 bits per heavy atom. The number of aromatic nitrogens is 2. The lowest BCUT2D eigenvalue weighted by Gasteiger charge is -2.07. The summed E-state index contributed by atoms with van der Waals surface area (Å²) in [6, 6.07) is 12.4. The van der Waals surface area contributed by atoms with E-state index in [-0.39, 0.29) is 17.3 Å². The molecule has 0 radical (unpaired) electrons. The topological polar surface area (TPSA) is 93.2 Å². The van der Waals surface area contributed by atoms with Crippen LogP contribution in [0.4, 0.5) is 9.52 Å². The Morgan fingerprint density at radius 2 is 1.93 bits per heavy atom. The highest BCUT2D eigenvalue weighted by Crippen LogP contribution is 2.16. The SMILES string of the molecule is COc1ccc(S(=O)(=O)NCCNc2nc(Cc3cccc(F)c3)ns2)cc1. The number of hydrogen-bond acceptors (Lipinski definition) is 7. The zero-order valence-corrected chi connectivity index (χ0v) is 16.7. The van der Waals surface area contributed by atoms with E-state index < -0.39 is 10.0 Å². The largest absolute Gasteiger partial charge is 0.497 e. The van der Waals surface area contributed by atoms with Crippen LogP contribution in [0.1, 0.15) is 11.4 Å². The molecule has 1 aromatic heterocycles. The summed E-state index contributed by atoms with van der Waals surface area (Å²) in [5, 5.41) is 3.61. The first-order chi connectivity index (χ1) is 13.5. The molecule has 10 heteroatoms. The van der Waals surface area contributed by atoms with Crippen LogP contribution in [0.15, 0.2) is 53.4 Å². The summed E-state index contributed by atoms with van der Waals surface area (Å²) in [5.74, 6) is 0.873. The monoisotopic (exact) mass is 422 g/mol. The van der Waals surface area contributed by atoms with Gasteiger partial charge in [-0.3, -0.25) is 0 Å². The molecule has 3 aromatic rings. The van der Waals surface area contributed by atoms with Crippen LogP contribution in [-0.4, -0.2) is 38.0 Å². The molecule has 0 aliphatic carbocycles. The average molecular weight is 423 g/mol. The quantitative estimate of drug-likeness (QED) is 0.515. The van der Waals surface area contributed by atoms with E-state index in [1.807, 2.05) is 6.07 Å². The summed E-state index contributed by atoms with van der Waals surface area (Å²) in [5.41, 5.74) is 0.789. The molecule has 2 N–H and O–H groups in total. The summed E-state index contributed by atoms with van der Waals surface area (Å²) >= 11 is 1.17. The van der Waals surface area contributed by atoms with Crippen LogP contribution in [0.3, 0.4) is 0 Å². The molecule has 0 aliphatic heterocycles. The van der Waals surface area contributed by atoms with E-state index in [1.54, 1.807) is 18.2 Å². The van der Waals surface area contributed by atoms with E-state index in [0.717, 1.165) is 5.56 Å². The number of halogens is 1. The minimum absolute atomic E-state index is 0.168. The number of sulfonamides is 1. The van der Waals surface area contributed by atoms with Crippen molar-refractivity contribution in [1.29, 1.82) is 0 Å². The Labute approximate surface area is 166 Å². The van der Waals surface area contributed by atoms with Crippen molar-refractivity contribution >= 4 is 26.7 Å². The number of nitrogens with zero attached hydrogens (tertiary/aromatic N) is 2. The lowest BCUT2D eigenvalue weighted by atomic mass is 10.1. The fraction of sp³-hybridized carbons (Fsp3) is 0.222. The van der Waals surface area contributed by atoms with Gasteiger partial charge in [-0.05, 0) is 42.0 Å². The number of hydrogen-bond donors (Lipinski definition) is 2. The van der Waals surface area contributed by atoms with Crippen molar-refractivity contribution < 1.29 is 17.5 Å². The molecule has 0 saturated carbocycles. The van der Waals surface area contributed by atoms with Gasteiger partial charge in [0.1, 0.15) is 17.4 Å². The number of ether oxygens (including phenoxy) is 1. The lowest BCUT2D eigenvalue weighted by molar-refractivity contribution is 0.414. The van der Waals surface area contributed by atoms with Gasteiger partial charge in [-0.15, -0.1) is 0 Å². The number of nitrogens with one attached hydrogen (secondary N) is 2. The molecular weight excluding hydrogens is 403 g/mol. The maximum atomic E-state index is 13.2. The van der Waals surface area contributed by atoms with Crippen LogP contribution in [0.25, 0.3) is 0 Å². The van der Waals surface area contributed by atoms with Gasteiger partial charge in [0.05, 0.1) is 12.0 Å². The first-order valence-electron chi connectivity index (χ1n) is 8.41. The highest BCUT2D eigenvalue weighted by Gasteiger charge is 2.13. The fourth-order valence-corrected chi connectivity index (χ4v) is 4.06. The van der Waals surface area contributed by atoms with Crippen molar-refractivity contribution in [3.8, 4) is 5.75 Å². The van der Waals surface area contributed by atoms with Crippen molar-refractivity contribution in [2.24, 2.45) is 0 Å². The van der Waals surface area contributed by atoms with Gasteiger partial charge >= 0.3 is 0 Å². The Bertz CT molecular complexity index is 1020. The summed E-state index contributed by atoms with van der Waals surface area (Å²) in [6.07, 6.45) is 0.431. The van der Waals surface area contributed by atoms with Gasteiger partial charge in [0, 0.05) is 31.0 Å². The van der Waals surface area contributed by atoms with Crippen LogP contribution in [-0.2, 0) is 16.4 Å². The van der Waals surface area contributed by atoms with Crippen molar-refractivity contribution in [2.75, 3.05) is 25.5 Å². The predicted molar refractivity (Wildman–Crippen MR) is 106 cm³/mol. The van der Waals surface area contributed by atoms with Crippen LogP contribution >= 0.6 is 11.5 Å². The van der Waals surface area contributed by atoms with Gasteiger partial charge in [0.2, 0.25) is 15.2 Å². The molecule has 0 bridgehead atoms. The molecule has 3 rings (SSSR count). The molecule has 7 nitrogen and oxygen atoms in total. The number of rotatable bonds is 9. The lowest BCUT2D eigenvalue weighted by Crippen LogP contribution is -2.28. The minimum atomic E-state index is -3.59. The molecule has 0 saturated heterocycles. The van der Waals surface area contributed by atoms with Crippen LogP contribution in [0.5, 0.6) is 5.75 Å². The number of methoxy groups -OCH3 is 1. The maximum Gasteiger partial charge on any atom is 0.240 e. The predicted octanol–water partition coefficient (Wildman–Crippen LogP) is 2.67. The Balaban J connectivity index is 1.48. The molecule has 2 aromatic carbocycles. The van der Waals surface area contributed by atoms with E-state index in [4.69, 9.17) is 4.74 Å². The highest BCUT2D eigenvalue weighted by atomic mass is 32.2. The summed E-state index contributed by atoms with van der Waals surface area (Å²) in [7, 11) is -2.07. The van der Waals surface area contributed by atoms with E-state index in [9.17, 15) is 12.8 Å². The molecular formula is C18H19FN4O3S2. The second-order valence-electron chi connectivity index (χ2n) is 5.82. The van der Waals surface area contributed by atoms with Crippen LogP contribution in [0.2, 0.25) is 0 Å². The van der Waals surface area contributed by atoms with Crippen LogP contribution < -0.4 is 14.8 Å². The van der Waals surface area contributed by atoms with Gasteiger partial charge in [-0.1, -0.05) is 12.1 Å². The second kappa shape index (κ2) is 9.09. The fourth-order valence-electron chi connectivity index (χ4n) is 2.42. The van der Waals surface area contributed by atoms with E-state index >= 15 is 0 Å². The number of benzene rings is 2. The van der Waals surface area contributed by atoms with Gasteiger partial charge in [-0.25, -0.2) is 22.5 Å². The normalized spacial score (nSPS) is 11.4. The summed E-state index contributed by atoms with van der Waals surface area (Å²) < 4.78 is 49.5. The Hall–Kier alpha value is -2.56. The smallest absolute Gasteiger partial charge is 0.240 e. The van der Waals surface area contributed by atoms with Gasteiger partial charge in [0.15, 0.2) is 0 Å². The van der Waals surface area contributed by atoms with E-state index in [1.165, 1.54) is 42.9 Å². The van der Waals surface area contributed by atoms with E-state index in [2.05, 4.69) is 19.4 Å². The zero-order valence-electron chi connectivity index (χ0n) is 15.1. The molecule has 0 spiro atoms. The first kappa shape index (κ1) is 20.2. The first-order valence-corrected chi connectivity index (χ1v) is 10.7. The molecule has 0 atom stereocenters. The maximum absolute atomic E-state index is 13.2. The Kier molecular flexibility index (Phi) is 6.55. The van der Waals surface area contributed by atoms with Crippen molar-refractivity contribution in [3.63, 3.8) is 0 Å². The zero-order chi connectivity index (χ0) is 20.0. The number of anilines is 1. The molecule has 28 heavy (non-hydrogen) atoms. The van der Waals surface area contributed by atoms with Gasteiger partial charge < -0.3 is 10.1 Å². The molecule has 0 fully saturated rings.